The molecule has 1 amide bonds. The summed E-state index contributed by atoms with van der Waals surface area (Å²) in [5.41, 5.74) is 2.36. The number of thiocarbonyl (C=S) groups is 1. The molecule has 31 heavy (non-hydrogen) atoms. The number of hydrogen-bond acceptors (Lipinski definition) is 5. The third-order valence-corrected chi connectivity index (χ3v) is 4.63. The Bertz CT molecular complexity index is 1100. The number of carbonyl (C=O) groups is 1. The Balaban J connectivity index is 1.58. The predicted octanol–water partition coefficient (Wildman–Crippen LogP) is 4.65. The van der Waals surface area contributed by atoms with E-state index in [1.165, 1.54) is 6.07 Å². The average molecular weight is 436 g/mol. The zero-order valence-electron chi connectivity index (χ0n) is 16.8. The van der Waals surface area contributed by atoms with Crippen LogP contribution in [-0.4, -0.2) is 22.5 Å². The smallest absolute Gasteiger partial charge is 0.292 e. The van der Waals surface area contributed by atoms with Gasteiger partial charge in [0.1, 0.15) is 11.4 Å². The molecule has 3 aromatic carbocycles. The van der Waals surface area contributed by atoms with Crippen molar-refractivity contribution in [1.29, 1.82) is 0 Å². The molecule has 0 saturated heterocycles. The molecule has 0 aliphatic carbocycles. The van der Waals surface area contributed by atoms with Gasteiger partial charge in [0.2, 0.25) is 0 Å². The van der Waals surface area contributed by atoms with E-state index in [9.17, 15) is 14.9 Å². The second-order valence-corrected chi connectivity index (χ2v) is 7.21. The molecule has 0 saturated carbocycles. The number of hydrogen-bond donors (Lipinski definition) is 2. The monoisotopic (exact) mass is 435 g/mol. The van der Waals surface area contributed by atoms with Crippen LogP contribution in [0.3, 0.4) is 0 Å². The minimum atomic E-state index is -0.504. The number of benzene rings is 3. The van der Waals surface area contributed by atoms with Gasteiger partial charge < -0.3 is 10.1 Å². The Morgan fingerprint density at radius 2 is 1.84 bits per heavy atom. The number of anilines is 1. The molecule has 0 aliphatic rings. The van der Waals surface area contributed by atoms with Gasteiger partial charge in [0.05, 0.1) is 11.5 Å². The van der Waals surface area contributed by atoms with Crippen molar-refractivity contribution in [2.75, 3.05) is 11.9 Å². The van der Waals surface area contributed by atoms with E-state index in [1.54, 1.807) is 43.3 Å². The minimum Gasteiger partial charge on any atom is -0.493 e. The van der Waals surface area contributed by atoms with Crippen LogP contribution in [0, 0.1) is 17.0 Å². The highest BCUT2D eigenvalue weighted by molar-refractivity contribution is 7.80. The van der Waals surface area contributed by atoms with Crippen molar-refractivity contribution >= 4 is 34.6 Å². The number of rotatable bonds is 7. The molecule has 8 heteroatoms. The normalized spacial score (nSPS) is 10.2. The molecule has 0 bridgehead atoms. The number of aryl methyl sites for hydroxylation is 1. The molecular weight excluding hydrogens is 414 g/mol. The summed E-state index contributed by atoms with van der Waals surface area (Å²) >= 11 is 5.15. The first-order chi connectivity index (χ1) is 14.9. The first-order valence-electron chi connectivity index (χ1n) is 9.56. The van der Waals surface area contributed by atoms with Crippen LogP contribution in [0.4, 0.5) is 11.4 Å². The van der Waals surface area contributed by atoms with Crippen molar-refractivity contribution in [2.24, 2.45) is 0 Å². The summed E-state index contributed by atoms with van der Waals surface area (Å²) in [7, 11) is 0. The van der Waals surface area contributed by atoms with Crippen molar-refractivity contribution in [3.63, 3.8) is 0 Å². The van der Waals surface area contributed by atoms with E-state index in [-0.39, 0.29) is 16.5 Å². The third kappa shape index (κ3) is 6.35. The fraction of sp³-hybridized carbons (Fsp3) is 0.130. The van der Waals surface area contributed by atoms with E-state index < -0.39 is 10.8 Å². The number of nitrogens with one attached hydrogen (secondary N) is 2. The number of ether oxygens (including phenoxy) is 1. The summed E-state index contributed by atoms with van der Waals surface area (Å²) < 4.78 is 5.75. The molecule has 0 spiro atoms. The van der Waals surface area contributed by atoms with Crippen molar-refractivity contribution in [1.82, 2.24) is 5.32 Å². The van der Waals surface area contributed by atoms with Crippen LogP contribution in [0.2, 0.25) is 0 Å². The lowest BCUT2D eigenvalue weighted by molar-refractivity contribution is -0.383. The van der Waals surface area contributed by atoms with E-state index in [0.717, 1.165) is 17.5 Å². The van der Waals surface area contributed by atoms with Crippen molar-refractivity contribution in [3.05, 3.63) is 99.6 Å². The molecule has 0 aromatic heterocycles. The van der Waals surface area contributed by atoms with Crippen molar-refractivity contribution < 1.29 is 14.5 Å². The molecule has 0 unspecified atom stereocenters. The van der Waals surface area contributed by atoms with E-state index >= 15 is 0 Å². The summed E-state index contributed by atoms with van der Waals surface area (Å²) in [6, 6.07) is 21.4. The molecule has 0 fully saturated rings. The van der Waals surface area contributed by atoms with Crippen LogP contribution in [0.15, 0.2) is 72.8 Å². The SMILES string of the molecule is Cc1ccc(NC(=S)NC(=O)c2cccc(OCCc3ccccc3)c2)c([N+](=O)[O-])c1. The summed E-state index contributed by atoms with van der Waals surface area (Å²) in [5.74, 6) is 0.123. The van der Waals surface area contributed by atoms with E-state index in [4.69, 9.17) is 17.0 Å². The number of nitrogens with zero attached hydrogens (tertiary/aromatic N) is 1. The van der Waals surface area contributed by atoms with Crippen molar-refractivity contribution in [2.45, 2.75) is 13.3 Å². The average Bonchev–Trinajstić information content (AvgIpc) is 2.76. The van der Waals surface area contributed by atoms with E-state index in [2.05, 4.69) is 10.6 Å². The van der Waals surface area contributed by atoms with Gasteiger partial charge >= 0.3 is 0 Å². The lowest BCUT2D eigenvalue weighted by Gasteiger charge is -2.11. The molecule has 2 N–H and O–H groups in total. The zero-order chi connectivity index (χ0) is 22.2. The van der Waals surface area contributed by atoms with Crippen LogP contribution in [-0.2, 0) is 6.42 Å². The lowest BCUT2D eigenvalue weighted by Crippen LogP contribution is -2.34. The second-order valence-electron chi connectivity index (χ2n) is 6.80. The van der Waals surface area contributed by atoms with Crippen LogP contribution >= 0.6 is 12.2 Å². The molecular formula is C23H21N3O4S. The topological polar surface area (TPSA) is 93.5 Å². The van der Waals surface area contributed by atoms with Gasteiger partial charge in [-0.15, -0.1) is 0 Å². The second kappa shape index (κ2) is 10.3. The largest absolute Gasteiger partial charge is 0.493 e. The van der Waals surface area contributed by atoms with Gasteiger partial charge in [-0.2, -0.15) is 0 Å². The quantitative estimate of drug-likeness (QED) is 0.319. The van der Waals surface area contributed by atoms with Crippen LogP contribution in [0.1, 0.15) is 21.5 Å². The zero-order valence-corrected chi connectivity index (χ0v) is 17.6. The van der Waals surface area contributed by atoms with Crippen molar-refractivity contribution in [3.8, 4) is 5.75 Å². The lowest BCUT2D eigenvalue weighted by atomic mass is 10.2. The predicted molar refractivity (Wildman–Crippen MR) is 124 cm³/mol. The molecule has 0 atom stereocenters. The standard InChI is InChI=1S/C23H21N3O4S/c1-16-10-11-20(21(14-16)26(28)29)24-23(31)25-22(27)18-8-5-9-19(15-18)30-13-12-17-6-3-2-4-7-17/h2-11,14-15H,12-13H2,1H3,(H2,24,25,27,31). The summed E-state index contributed by atoms with van der Waals surface area (Å²) in [6.07, 6.45) is 0.751. The number of carbonyl (C=O) groups excluding carboxylic acids is 1. The number of amides is 1. The Morgan fingerprint density at radius 1 is 1.06 bits per heavy atom. The van der Waals surface area contributed by atoms with E-state index in [0.29, 0.717) is 17.9 Å². The fourth-order valence-electron chi connectivity index (χ4n) is 2.89. The van der Waals surface area contributed by atoms with Gasteiger partial charge in [-0.1, -0.05) is 42.5 Å². The maximum Gasteiger partial charge on any atom is 0.292 e. The van der Waals surface area contributed by atoms with Gasteiger partial charge in [0.15, 0.2) is 5.11 Å². The summed E-state index contributed by atoms with van der Waals surface area (Å²) in [5, 5.41) is 16.5. The highest BCUT2D eigenvalue weighted by atomic mass is 32.1. The first-order valence-corrected chi connectivity index (χ1v) is 9.97. The van der Waals surface area contributed by atoms with Crippen LogP contribution < -0.4 is 15.4 Å². The molecule has 3 aromatic rings. The van der Waals surface area contributed by atoms with Gasteiger partial charge in [-0.25, -0.2) is 0 Å². The highest BCUT2D eigenvalue weighted by Crippen LogP contribution is 2.25. The molecule has 0 heterocycles. The van der Waals surface area contributed by atoms with Gasteiger partial charge in [-0.05, 0) is 54.5 Å². The molecule has 0 aliphatic heterocycles. The Kier molecular flexibility index (Phi) is 7.29. The summed E-state index contributed by atoms with van der Waals surface area (Å²) in [6.45, 7) is 2.23. The molecule has 7 nitrogen and oxygen atoms in total. The number of nitro benzene ring substituents is 1. The molecule has 158 valence electrons. The maximum atomic E-state index is 12.5. The highest BCUT2D eigenvalue weighted by Gasteiger charge is 2.16. The Labute approximate surface area is 185 Å². The van der Waals surface area contributed by atoms with Gasteiger partial charge in [0.25, 0.3) is 11.6 Å². The summed E-state index contributed by atoms with van der Waals surface area (Å²) in [4.78, 5) is 23.3. The van der Waals surface area contributed by atoms with Crippen LogP contribution in [0.5, 0.6) is 5.75 Å². The molecule has 0 radical (unpaired) electrons. The first kappa shape index (κ1) is 21.9. The minimum absolute atomic E-state index is 0.0349. The van der Waals surface area contributed by atoms with Gasteiger partial charge in [0, 0.05) is 18.1 Å². The van der Waals surface area contributed by atoms with E-state index in [1.807, 2.05) is 30.3 Å². The Hall–Kier alpha value is -3.78. The third-order valence-electron chi connectivity index (χ3n) is 4.42. The Morgan fingerprint density at radius 3 is 2.58 bits per heavy atom. The molecule has 3 rings (SSSR count). The van der Waals surface area contributed by atoms with Crippen LogP contribution in [0.25, 0.3) is 0 Å². The maximum absolute atomic E-state index is 12.5. The van der Waals surface area contributed by atoms with Gasteiger partial charge in [-0.3, -0.25) is 20.2 Å². The fourth-order valence-corrected chi connectivity index (χ4v) is 3.09. The number of nitro groups is 1.